The molecule has 1 heterocycles. The summed E-state index contributed by atoms with van der Waals surface area (Å²) in [5.74, 6) is 0. The van der Waals surface area contributed by atoms with Crippen LogP contribution in [0.4, 0.5) is 5.00 Å². The lowest BCUT2D eigenvalue weighted by molar-refractivity contribution is -0.112. The van der Waals surface area contributed by atoms with Gasteiger partial charge < -0.3 is 10.6 Å². The van der Waals surface area contributed by atoms with Crippen molar-refractivity contribution in [1.82, 2.24) is 0 Å². The van der Waals surface area contributed by atoms with Crippen molar-refractivity contribution in [2.45, 2.75) is 19.9 Å². The van der Waals surface area contributed by atoms with Crippen LogP contribution in [0.2, 0.25) is 0 Å². The molecule has 1 unspecified atom stereocenters. The van der Waals surface area contributed by atoms with Crippen LogP contribution in [-0.2, 0) is 4.79 Å². The van der Waals surface area contributed by atoms with Crippen LogP contribution in [0.1, 0.15) is 24.8 Å². The molecule has 15 heavy (non-hydrogen) atoms. The van der Waals surface area contributed by atoms with E-state index in [1.165, 1.54) is 11.3 Å². The van der Waals surface area contributed by atoms with Crippen LogP contribution >= 0.6 is 22.9 Å². The first-order chi connectivity index (χ1) is 7.10. The van der Waals surface area contributed by atoms with E-state index in [1.54, 1.807) is 0 Å². The van der Waals surface area contributed by atoms with Crippen LogP contribution < -0.4 is 10.6 Å². The van der Waals surface area contributed by atoms with Gasteiger partial charge in [-0.1, -0.05) is 0 Å². The van der Waals surface area contributed by atoms with Gasteiger partial charge >= 0.3 is 0 Å². The summed E-state index contributed by atoms with van der Waals surface area (Å²) in [5.41, 5.74) is 5.64. The molecule has 0 spiro atoms. The van der Waals surface area contributed by atoms with Gasteiger partial charge in [0.25, 0.3) is 0 Å². The first-order valence-electron chi connectivity index (χ1n) is 4.89. The number of carbonyl (C=O) groups is 1. The summed E-state index contributed by atoms with van der Waals surface area (Å²) in [6.45, 7) is 6.08. The first kappa shape index (κ1) is 12.5. The highest BCUT2D eigenvalue weighted by molar-refractivity contribution is 7.16. The molecular formula is C10H15ClN2OS. The highest BCUT2D eigenvalue weighted by Gasteiger charge is 2.16. The molecule has 0 amide bonds. The molecule has 0 radical (unpaired) electrons. The molecule has 0 fully saturated rings. The first-order valence-corrected chi connectivity index (χ1v) is 6.09. The van der Waals surface area contributed by atoms with E-state index in [-0.39, 0.29) is 0 Å². The average molecular weight is 247 g/mol. The van der Waals surface area contributed by atoms with Crippen LogP contribution in [0.3, 0.4) is 0 Å². The van der Waals surface area contributed by atoms with Crippen LogP contribution in [0.25, 0.3) is 0 Å². The molecule has 0 aliphatic carbocycles. The van der Waals surface area contributed by atoms with E-state index in [0.717, 1.165) is 23.0 Å². The highest BCUT2D eigenvalue weighted by Crippen LogP contribution is 2.29. The fourth-order valence-corrected chi connectivity index (χ4v) is 2.64. The van der Waals surface area contributed by atoms with Gasteiger partial charge in [-0.05, 0) is 37.6 Å². The summed E-state index contributed by atoms with van der Waals surface area (Å²) in [6.07, 6.45) is 0. The molecule has 0 aromatic carbocycles. The quantitative estimate of drug-likeness (QED) is 0.812. The minimum Gasteiger partial charge on any atom is -0.364 e. The molecule has 84 valence electrons. The van der Waals surface area contributed by atoms with E-state index in [0.29, 0.717) is 0 Å². The van der Waals surface area contributed by atoms with Gasteiger partial charge in [0.15, 0.2) is 0 Å². The third kappa shape index (κ3) is 2.93. The van der Waals surface area contributed by atoms with Gasteiger partial charge in [0.05, 0.1) is 5.00 Å². The predicted molar refractivity (Wildman–Crippen MR) is 65.7 cm³/mol. The minimum atomic E-state index is -0.694. The summed E-state index contributed by atoms with van der Waals surface area (Å²) < 4.78 is 0. The second-order valence-electron chi connectivity index (χ2n) is 3.13. The zero-order chi connectivity index (χ0) is 11.4. The number of halogens is 1. The third-order valence-electron chi connectivity index (χ3n) is 2.24. The van der Waals surface area contributed by atoms with E-state index in [1.807, 2.05) is 12.1 Å². The molecule has 0 saturated carbocycles. The van der Waals surface area contributed by atoms with Gasteiger partial charge in [0, 0.05) is 18.0 Å². The normalized spacial score (nSPS) is 12.5. The molecule has 0 bridgehead atoms. The van der Waals surface area contributed by atoms with Crippen LogP contribution in [-0.4, -0.2) is 18.3 Å². The van der Waals surface area contributed by atoms with E-state index in [9.17, 15) is 4.79 Å². The van der Waals surface area contributed by atoms with Crippen LogP contribution in [0.5, 0.6) is 0 Å². The molecule has 1 rings (SSSR count). The van der Waals surface area contributed by atoms with Crippen molar-refractivity contribution in [2.75, 3.05) is 18.0 Å². The number of carbonyl (C=O) groups excluding carboxylic acids is 1. The lowest BCUT2D eigenvalue weighted by atomic mass is 10.3. The highest BCUT2D eigenvalue weighted by atomic mass is 35.5. The van der Waals surface area contributed by atoms with Crippen molar-refractivity contribution in [2.24, 2.45) is 5.73 Å². The Morgan fingerprint density at radius 1 is 1.53 bits per heavy atom. The maximum Gasteiger partial charge on any atom is 0.243 e. The number of nitrogens with zero attached hydrogens (tertiary/aromatic N) is 1. The molecule has 3 nitrogen and oxygen atoms in total. The number of nitrogens with two attached hydrogens (primary N) is 1. The minimum absolute atomic E-state index is 0.511. The van der Waals surface area contributed by atoms with Crippen LogP contribution in [0, 0.1) is 0 Å². The third-order valence-corrected chi connectivity index (χ3v) is 3.70. The molecule has 1 aromatic heterocycles. The Bertz CT molecular complexity index is 336. The number of hydrogen-bond donors (Lipinski definition) is 1. The van der Waals surface area contributed by atoms with Crippen molar-refractivity contribution in [3.63, 3.8) is 0 Å². The van der Waals surface area contributed by atoms with Crippen molar-refractivity contribution in [3.8, 4) is 0 Å². The summed E-state index contributed by atoms with van der Waals surface area (Å²) in [6, 6.07) is 3.15. The van der Waals surface area contributed by atoms with Gasteiger partial charge in [-0.25, -0.2) is 0 Å². The van der Waals surface area contributed by atoms with Gasteiger partial charge in [-0.15, -0.1) is 11.3 Å². The molecule has 1 atom stereocenters. The van der Waals surface area contributed by atoms with E-state index in [4.69, 9.17) is 17.3 Å². The summed E-state index contributed by atoms with van der Waals surface area (Å²) >= 11 is 6.87. The fourth-order valence-electron chi connectivity index (χ4n) is 1.33. The molecule has 2 N–H and O–H groups in total. The Kier molecular flexibility index (Phi) is 4.57. The second kappa shape index (κ2) is 5.49. The molecule has 5 heteroatoms. The maximum absolute atomic E-state index is 10.9. The number of thiophene rings is 1. The number of anilines is 1. The Morgan fingerprint density at radius 2 is 2.13 bits per heavy atom. The predicted octanol–water partition coefficient (Wildman–Crippen LogP) is 2.36. The number of rotatable bonds is 5. The Morgan fingerprint density at radius 3 is 2.60 bits per heavy atom. The van der Waals surface area contributed by atoms with Crippen molar-refractivity contribution >= 4 is 33.2 Å². The van der Waals surface area contributed by atoms with E-state index in [2.05, 4.69) is 18.7 Å². The second-order valence-corrected chi connectivity index (χ2v) is 4.60. The molecule has 1 aromatic rings. The lowest BCUT2D eigenvalue weighted by Gasteiger charge is -2.18. The zero-order valence-corrected chi connectivity index (χ0v) is 10.4. The Labute approximate surface area is 98.8 Å². The van der Waals surface area contributed by atoms with Crippen molar-refractivity contribution in [3.05, 3.63) is 17.0 Å². The standard InChI is InChI=1S/C10H15ClN2OS/c1-3-13(4-2)8-6-5-7(15-8)9(12)10(11)14/h5-6,9H,3-4,12H2,1-2H3. The molecule has 0 saturated heterocycles. The summed E-state index contributed by atoms with van der Waals surface area (Å²) in [5, 5.41) is 0.617. The smallest absolute Gasteiger partial charge is 0.243 e. The SMILES string of the molecule is CCN(CC)c1ccc(C(N)C(=O)Cl)s1. The van der Waals surface area contributed by atoms with Gasteiger partial charge in [0.1, 0.15) is 6.04 Å². The molecule has 0 aliphatic heterocycles. The fraction of sp³-hybridized carbons (Fsp3) is 0.500. The maximum atomic E-state index is 10.9. The summed E-state index contributed by atoms with van der Waals surface area (Å²) in [7, 11) is 0. The van der Waals surface area contributed by atoms with E-state index < -0.39 is 11.3 Å². The monoisotopic (exact) mass is 246 g/mol. The average Bonchev–Trinajstić information content (AvgIpc) is 2.67. The van der Waals surface area contributed by atoms with Gasteiger partial charge in [0.2, 0.25) is 5.24 Å². The Hall–Kier alpha value is -0.580. The molecule has 0 aliphatic rings. The topological polar surface area (TPSA) is 46.3 Å². The van der Waals surface area contributed by atoms with E-state index >= 15 is 0 Å². The van der Waals surface area contributed by atoms with Crippen molar-refractivity contribution in [1.29, 1.82) is 0 Å². The van der Waals surface area contributed by atoms with Crippen LogP contribution in [0.15, 0.2) is 12.1 Å². The van der Waals surface area contributed by atoms with Gasteiger partial charge in [-0.3, -0.25) is 4.79 Å². The van der Waals surface area contributed by atoms with Crippen molar-refractivity contribution < 1.29 is 4.79 Å². The lowest BCUT2D eigenvalue weighted by Crippen LogP contribution is -2.20. The Balaban J connectivity index is 2.84. The molecular weight excluding hydrogens is 232 g/mol. The number of hydrogen-bond acceptors (Lipinski definition) is 4. The zero-order valence-electron chi connectivity index (χ0n) is 8.87. The summed E-state index contributed by atoms with van der Waals surface area (Å²) in [4.78, 5) is 13.9. The van der Waals surface area contributed by atoms with Gasteiger partial charge in [-0.2, -0.15) is 0 Å². The largest absolute Gasteiger partial charge is 0.364 e.